The van der Waals surface area contributed by atoms with Crippen molar-refractivity contribution in [3.05, 3.63) is 47.0 Å². The van der Waals surface area contributed by atoms with Crippen molar-refractivity contribution in [1.29, 1.82) is 0 Å². The maximum atomic E-state index is 11.9. The lowest BCUT2D eigenvalue weighted by molar-refractivity contribution is 0.0999. The summed E-state index contributed by atoms with van der Waals surface area (Å²) >= 11 is 5.78. The summed E-state index contributed by atoms with van der Waals surface area (Å²) in [5.41, 5.74) is 0.171. The Bertz CT molecular complexity index is 635. The number of imidazole rings is 1. The summed E-state index contributed by atoms with van der Waals surface area (Å²) in [6.07, 6.45) is 4.94. The minimum absolute atomic E-state index is 0.0687. The van der Waals surface area contributed by atoms with Crippen molar-refractivity contribution in [2.75, 3.05) is 6.54 Å². The summed E-state index contributed by atoms with van der Waals surface area (Å²) in [4.78, 5) is 19.9. The Kier molecular flexibility index (Phi) is 3.97. The third-order valence-corrected chi connectivity index (χ3v) is 2.79. The largest absolute Gasteiger partial charge is 0.507 e. The SMILES string of the molecule is Cn1ccnc1C=NCC(=O)c1cc(Cl)ccc1O. The second-order valence-corrected chi connectivity index (χ2v) is 4.39. The number of rotatable bonds is 4. The Labute approximate surface area is 115 Å². The van der Waals surface area contributed by atoms with Gasteiger partial charge in [-0.05, 0) is 18.2 Å². The molecule has 0 unspecified atom stereocenters. The maximum Gasteiger partial charge on any atom is 0.187 e. The van der Waals surface area contributed by atoms with E-state index in [1.807, 2.05) is 7.05 Å². The molecule has 0 saturated carbocycles. The number of aromatic hydroxyl groups is 1. The number of nitrogens with zero attached hydrogens (tertiary/aromatic N) is 3. The van der Waals surface area contributed by atoms with Crippen molar-refractivity contribution in [2.45, 2.75) is 0 Å². The van der Waals surface area contributed by atoms with Crippen LogP contribution in [0.2, 0.25) is 5.02 Å². The van der Waals surface area contributed by atoms with Crippen molar-refractivity contribution in [1.82, 2.24) is 9.55 Å². The Morgan fingerprint density at radius 1 is 1.58 bits per heavy atom. The van der Waals surface area contributed by atoms with Gasteiger partial charge in [-0.1, -0.05) is 11.6 Å². The number of phenolic OH excluding ortho intramolecular Hbond substituents is 1. The molecule has 0 aliphatic carbocycles. The molecule has 0 fully saturated rings. The number of carbonyl (C=O) groups is 1. The fourth-order valence-corrected chi connectivity index (χ4v) is 1.70. The minimum Gasteiger partial charge on any atom is -0.507 e. The number of carbonyl (C=O) groups excluding carboxylic acids is 1. The first kappa shape index (κ1) is 13.3. The van der Waals surface area contributed by atoms with Gasteiger partial charge in [-0.15, -0.1) is 0 Å². The molecule has 0 aliphatic heterocycles. The molecule has 6 heteroatoms. The van der Waals surface area contributed by atoms with Gasteiger partial charge >= 0.3 is 0 Å². The van der Waals surface area contributed by atoms with Gasteiger partial charge in [-0.25, -0.2) is 4.98 Å². The van der Waals surface area contributed by atoms with Crippen LogP contribution in [0.5, 0.6) is 5.75 Å². The molecule has 0 spiro atoms. The van der Waals surface area contributed by atoms with Crippen LogP contribution in [0.3, 0.4) is 0 Å². The van der Waals surface area contributed by atoms with E-state index in [-0.39, 0.29) is 23.6 Å². The highest BCUT2D eigenvalue weighted by Gasteiger charge is 2.10. The first-order chi connectivity index (χ1) is 9.08. The molecule has 5 nitrogen and oxygen atoms in total. The predicted octanol–water partition coefficient (Wildman–Crippen LogP) is 2.08. The zero-order valence-corrected chi connectivity index (χ0v) is 11.0. The van der Waals surface area contributed by atoms with E-state index in [1.54, 1.807) is 17.0 Å². The number of aliphatic imine (C=N–C) groups is 1. The molecule has 1 aromatic heterocycles. The van der Waals surface area contributed by atoms with Gasteiger partial charge in [0, 0.05) is 24.5 Å². The number of halogens is 1. The van der Waals surface area contributed by atoms with Gasteiger partial charge in [0.15, 0.2) is 5.78 Å². The number of aryl methyl sites for hydroxylation is 1. The average Bonchev–Trinajstić information content (AvgIpc) is 2.78. The molecular weight excluding hydrogens is 266 g/mol. The summed E-state index contributed by atoms with van der Waals surface area (Å²) in [6, 6.07) is 4.33. The molecule has 1 N–H and O–H groups in total. The molecule has 98 valence electrons. The highest BCUT2D eigenvalue weighted by atomic mass is 35.5. The number of aromatic nitrogens is 2. The molecule has 0 saturated heterocycles. The quantitative estimate of drug-likeness (QED) is 0.687. The monoisotopic (exact) mass is 277 g/mol. The van der Waals surface area contributed by atoms with Crippen LogP contribution < -0.4 is 0 Å². The fourth-order valence-electron chi connectivity index (χ4n) is 1.53. The zero-order chi connectivity index (χ0) is 13.8. The van der Waals surface area contributed by atoms with Crippen molar-refractivity contribution < 1.29 is 9.90 Å². The maximum absolute atomic E-state index is 11.9. The standard InChI is InChI=1S/C13H12ClN3O2/c1-17-5-4-16-13(17)8-15-7-12(19)10-6-9(14)2-3-11(10)18/h2-6,8,18H,7H2,1H3. The van der Waals surface area contributed by atoms with Gasteiger partial charge in [-0.2, -0.15) is 0 Å². The zero-order valence-electron chi connectivity index (χ0n) is 10.2. The second kappa shape index (κ2) is 5.67. The van der Waals surface area contributed by atoms with Crippen LogP contribution in [0.15, 0.2) is 35.6 Å². The van der Waals surface area contributed by atoms with Crippen molar-refractivity contribution in [3.8, 4) is 5.75 Å². The molecule has 1 heterocycles. The van der Waals surface area contributed by atoms with Gasteiger partial charge in [0.05, 0.1) is 11.8 Å². The minimum atomic E-state index is -0.301. The molecule has 2 aromatic rings. The van der Waals surface area contributed by atoms with E-state index >= 15 is 0 Å². The summed E-state index contributed by atoms with van der Waals surface area (Å²) in [5.74, 6) is 0.259. The van der Waals surface area contributed by atoms with Crippen LogP contribution in [0, 0.1) is 0 Å². The van der Waals surface area contributed by atoms with Crippen LogP contribution in [-0.2, 0) is 7.05 Å². The molecule has 0 atom stereocenters. The van der Waals surface area contributed by atoms with Gasteiger partial charge in [-0.3, -0.25) is 9.79 Å². The normalized spacial score (nSPS) is 11.1. The lowest BCUT2D eigenvalue weighted by Gasteiger charge is -2.02. The van der Waals surface area contributed by atoms with E-state index in [0.717, 1.165) is 0 Å². The highest BCUT2D eigenvalue weighted by molar-refractivity contribution is 6.31. The molecule has 0 radical (unpaired) electrons. The van der Waals surface area contributed by atoms with Crippen LogP contribution in [0.4, 0.5) is 0 Å². The molecule has 0 amide bonds. The van der Waals surface area contributed by atoms with Crippen LogP contribution in [0.1, 0.15) is 16.2 Å². The number of benzene rings is 1. The number of Topliss-reactive ketones (excluding diaryl/α,β-unsaturated/α-hetero) is 1. The highest BCUT2D eigenvalue weighted by Crippen LogP contribution is 2.21. The third-order valence-electron chi connectivity index (χ3n) is 2.56. The first-order valence-corrected chi connectivity index (χ1v) is 5.94. The Balaban J connectivity index is 2.08. The summed E-state index contributed by atoms with van der Waals surface area (Å²) < 4.78 is 1.78. The second-order valence-electron chi connectivity index (χ2n) is 3.95. The van der Waals surface area contributed by atoms with E-state index < -0.39 is 0 Å². The fraction of sp³-hybridized carbons (Fsp3) is 0.154. The van der Waals surface area contributed by atoms with E-state index in [0.29, 0.717) is 10.8 Å². The average molecular weight is 278 g/mol. The Morgan fingerprint density at radius 3 is 3.05 bits per heavy atom. The lowest BCUT2D eigenvalue weighted by Crippen LogP contribution is -2.05. The third kappa shape index (κ3) is 3.20. The number of hydrogen-bond acceptors (Lipinski definition) is 4. The van der Waals surface area contributed by atoms with Crippen molar-refractivity contribution in [3.63, 3.8) is 0 Å². The summed E-state index contributed by atoms with van der Waals surface area (Å²) in [6.45, 7) is -0.0687. The van der Waals surface area contributed by atoms with Crippen LogP contribution >= 0.6 is 11.6 Å². The molecule has 0 aliphatic rings. The summed E-state index contributed by atoms with van der Waals surface area (Å²) in [7, 11) is 1.83. The molecule has 0 bridgehead atoms. The number of ketones is 1. The number of hydrogen-bond donors (Lipinski definition) is 1. The molecule has 2 rings (SSSR count). The molecular formula is C13H12ClN3O2. The molecule has 1 aromatic carbocycles. The van der Waals surface area contributed by atoms with Crippen LogP contribution in [-0.4, -0.2) is 33.2 Å². The predicted molar refractivity (Wildman–Crippen MR) is 73.1 cm³/mol. The van der Waals surface area contributed by atoms with Crippen molar-refractivity contribution in [2.24, 2.45) is 12.0 Å². The number of phenols is 1. The first-order valence-electron chi connectivity index (χ1n) is 5.57. The van der Waals surface area contributed by atoms with Gasteiger partial charge in [0.25, 0.3) is 0 Å². The summed E-state index contributed by atoms with van der Waals surface area (Å²) in [5, 5.41) is 9.98. The Morgan fingerprint density at radius 2 is 2.37 bits per heavy atom. The van der Waals surface area contributed by atoms with E-state index in [2.05, 4.69) is 9.98 Å². The molecule has 19 heavy (non-hydrogen) atoms. The van der Waals surface area contributed by atoms with Gasteiger partial charge in [0.1, 0.15) is 18.1 Å². The Hall–Kier alpha value is -2.14. The van der Waals surface area contributed by atoms with Gasteiger partial charge < -0.3 is 9.67 Å². The van der Waals surface area contributed by atoms with E-state index in [1.165, 1.54) is 24.4 Å². The van der Waals surface area contributed by atoms with Gasteiger partial charge in [0.2, 0.25) is 0 Å². The van der Waals surface area contributed by atoms with Crippen LogP contribution in [0.25, 0.3) is 0 Å². The van der Waals surface area contributed by atoms with Crippen molar-refractivity contribution >= 4 is 23.6 Å². The smallest absolute Gasteiger partial charge is 0.187 e. The lowest BCUT2D eigenvalue weighted by atomic mass is 10.1. The topological polar surface area (TPSA) is 67.5 Å². The van der Waals surface area contributed by atoms with E-state index in [9.17, 15) is 9.90 Å². The van der Waals surface area contributed by atoms with E-state index in [4.69, 9.17) is 11.6 Å².